The molecular weight excluding hydrogens is 1020 g/mol. The zero-order chi connectivity index (χ0) is 59.9. The number of rotatable bonds is 62. The average Bonchev–Trinajstić information content (AvgIpc) is 3.49. The molecule has 0 saturated heterocycles. The second-order valence-electron chi connectivity index (χ2n) is 22.7. The summed E-state index contributed by atoms with van der Waals surface area (Å²) >= 11 is 0. The first-order valence-corrected chi connectivity index (χ1v) is 34.7. The lowest BCUT2D eigenvalue weighted by atomic mass is 10.0. The Morgan fingerprint density at radius 3 is 0.735 bits per heavy atom. The summed E-state index contributed by atoms with van der Waals surface area (Å²) in [6.45, 7) is 6.40. The van der Waals surface area contributed by atoms with Crippen molar-refractivity contribution in [2.45, 2.75) is 322 Å². The van der Waals surface area contributed by atoms with Gasteiger partial charge in [-0.05, 0) is 135 Å². The number of carbonyl (C=O) groups excluding carboxylic acids is 3. The van der Waals surface area contributed by atoms with Gasteiger partial charge in [-0.15, -0.1) is 0 Å². The molecule has 6 heteroatoms. The number of allylic oxidation sites excluding steroid dienone is 22. The Morgan fingerprint density at radius 2 is 0.470 bits per heavy atom. The Hall–Kier alpha value is -4.45. The first kappa shape index (κ1) is 78.5. The molecule has 0 aliphatic carbocycles. The summed E-state index contributed by atoms with van der Waals surface area (Å²) in [5.74, 6) is -0.915. The second-order valence-corrected chi connectivity index (χ2v) is 22.7. The van der Waals surface area contributed by atoms with Crippen molar-refractivity contribution in [2.75, 3.05) is 13.2 Å². The van der Waals surface area contributed by atoms with Crippen molar-refractivity contribution in [1.82, 2.24) is 0 Å². The molecule has 0 aliphatic heterocycles. The Labute approximate surface area is 513 Å². The van der Waals surface area contributed by atoms with Gasteiger partial charge in [-0.2, -0.15) is 0 Å². The van der Waals surface area contributed by atoms with E-state index in [9.17, 15) is 14.4 Å². The Kier molecular flexibility index (Phi) is 66.3. The third-order valence-corrected chi connectivity index (χ3v) is 14.6. The number of unbranched alkanes of at least 4 members (excludes halogenated alkanes) is 29. The van der Waals surface area contributed by atoms with E-state index >= 15 is 0 Å². The van der Waals surface area contributed by atoms with Gasteiger partial charge in [-0.3, -0.25) is 14.4 Å². The first-order valence-electron chi connectivity index (χ1n) is 34.7. The van der Waals surface area contributed by atoms with Crippen molar-refractivity contribution in [1.29, 1.82) is 0 Å². The van der Waals surface area contributed by atoms with Crippen LogP contribution >= 0.6 is 0 Å². The summed E-state index contributed by atoms with van der Waals surface area (Å²) < 4.78 is 17.0. The fourth-order valence-corrected chi connectivity index (χ4v) is 9.49. The fraction of sp³-hybridized carbons (Fsp3) is 0.675. The van der Waals surface area contributed by atoms with Gasteiger partial charge in [0.25, 0.3) is 0 Å². The molecule has 0 N–H and O–H groups in total. The molecule has 6 nitrogen and oxygen atoms in total. The number of ether oxygens (including phenoxy) is 3. The number of esters is 3. The molecular formula is C77H128O6. The molecule has 0 aromatic carbocycles. The minimum absolute atomic E-state index is 0.0918. The number of carbonyl (C=O) groups is 3. The lowest BCUT2D eigenvalue weighted by molar-refractivity contribution is -0.167. The monoisotopic (exact) mass is 1150 g/mol. The quantitative estimate of drug-likeness (QED) is 0.0261. The van der Waals surface area contributed by atoms with E-state index in [1.807, 2.05) is 0 Å². The Balaban J connectivity index is 4.40. The molecule has 0 aromatic heterocycles. The zero-order valence-electron chi connectivity index (χ0n) is 54.2. The van der Waals surface area contributed by atoms with E-state index in [2.05, 4.69) is 154 Å². The van der Waals surface area contributed by atoms with E-state index in [0.29, 0.717) is 19.3 Å². The van der Waals surface area contributed by atoms with Crippen molar-refractivity contribution in [3.63, 3.8) is 0 Å². The van der Waals surface area contributed by atoms with Gasteiger partial charge in [0.05, 0.1) is 0 Å². The van der Waals surface area contributed by atoms with Gasteiger partial charge in [0.15, 0.2) is 6.10 Å². The summed E-state index contributed by atoms with van der Waals surface area (Å²) in [5.41, 5.74) is 0. The Bertz CT molecular complexity index is 1750. The molecule has 0 radical (unpaired) electrons. The maximum absolute atomic E-state index is 13.0. The van der Waals surface area contributed by atoms with E-state index in [0.717, 1.165) is 135 Å². The smallest absolute Gasteiger partial charge is 0.306 e. The minimum Gasteiger partial charge on any atom is -0.462 e. The third-order valence-electron chi connectivity index (χ3n) is 14.6. The van der Waals surface area contributed by atoms with Crippen molar-refractivity contribution in [3.8, 4) is 0 Å². The van der Waals surface area contributed by atoms with E-state index in [-0.39, 0.29) is 31.1 Å². The molecule has 1 unspecified atom stereocenters. The molecule has 0 saturated carbocycles. The maximum atomic E-state index is 13.0. The lowest BCUT2D eigenvalue weighted by Crippen LogP contribution is -2.30. The van der Waals surface area contributed by atoms with Crippen LogP contribution in [0, 0.1) is 0 Å². The van der Waals surface area contributed by atoms with Crippen molar-refractivity contribution < 1.29 is 28.6 Å². The van der Waals surface area contributed by atoms with E-state index in [1.165, 1.54) is 141 Å². The number of hydrogen-bond acceptors (Lipinski definition) is 6. The van der Waals surface area contributed by atoms with E-state index in [1.54, 1.807) is 0 Å². The third kappa shape index (κ3) is 68.2. The summed E-state index contributed by atoms with van der Waals surface area (Å²) in [6, 6.07) is 0. The normalized spacial score (nSPS) is 13.0. The summed E-state index contributed by atoms with van der Waals surface area (Å²) in [4.78, 5) is 38.5. The van der Waals surface area contributed by atoms with Crippen molar-refractivity contribution in [2.24, 2.45) is 0 Å². The van der Waals surface area contributed by atoms with Crippen molar-refractivity contribution in [3.05, 3.63) is 134 Å². The van der Waals surface area contributed by atoms with Crippen LogP contribution in [0.25, 0.3) is 0 Å². The van der Waals surface area contributed by atoms with E-state index in [4.69, 9.17) is 14.2 Å². The molecule has 0 spiro atoms. The topological polar surface area (TPSA) is 78.9 Å². The largest absolute Gasteiger partial charge is 0.462 e. The highest BCUT2D eigenvalue weighted by atomic mass is 16.6. The molecule has 0 fully saturated rings. The molecule has 0 aromatic rings. The Morgan fingerprint density at radius 1 is 0.253 bits per heavy atom. The highest BCUT2D eigenvalue weighted by Crippen LogP contribution is 2.16. The van der Waals surface area contributed by atoms with Gasteiger partial charge in [-0.1, -0.05) is 296 Å². The van der Waals surface area contributed by atoms with Crippen LogP contribution in [-0.4, -0.2) is 37.2 Å². The number of hydrogen-bond donors (Lipinski definition) is 0. The van der Waals surface area contributed by atoms with Gasteiger partial charge in [0.1, 0.15) is 13.2 Å². The molecule has 83 heavy (non-hydrogen) atoms. The maximum Gasteiger partial charge on any atom is 0.306 e. The molecule has 0 amide bonds. The lowest BCUT2D eigenvalue weighted by Gasteiger charge is -2.18. The first-order chi connectivity index (χ1) is 41.0. The van der Waals surface area contributed by atoms with Crippen molar-refractivity contribution >= 4 is 17.9 Å². The molecule has 0 rings (SSSR count). The van der Waals surface area contributed by atoms with Crippen LogP contribution in [0.1, 0.15) is 316 Å². The highest BCUT2D eigenvalue weighted by molar-refractivity contribution is 5.71. The summed E-state index contributed by atoms with van der Waals surface area (Å²) in [5, 5.41) is 0. The standard InChI is InChI=1S/C77H128O6/c1-4-7-10-13-16-19-22-25-28-31-33-35-36-37-38-39-40-42-43-46-49-52-55-58-61-64-67-70-76(79)82-73-74(72-81-75(78)69-66-63-60-57-54-51-48-45-30-27-24-21-18-15-12-9-6-3)83-77(80)71-68-65-62-59-56-53-50-47-44-41-34-32-29-26-23-20-17-14-11-8-5-2/h7,9-10,12,16,18-19,21,23,25-28,30,32-35,37-38,48,51,74H,4-6,8,11,13-15,17,20,22,24,29,31,36,39-47,49-50,52-73H2,1-3H3/b10-7-,12-9-,19-16-,21-18-,26-23-,28-25-,30-27-,34-32-,35-33-,38-37-,51-48-. The van der Waals surface area contributed by atoms with Crippen LogP contribution in [0.2, 0.25) is 0 Å². The molecule has 0 bridgehead atoms. The van der Waals surface area contributed by atoms with Crippen LogP contribution < -0.4 is 0 Å². The SMILES string of the molecule is CC/C=C\C/C=C\C/C=C\C/C=C\C/C=C\CCCCCCCCCCCCCC(=O)OCC(COC(=O)CCCCCC/C=C\C/C=C\C/C=C\C/C=C\CC)OC(=O)CCCCCCCCCCC/C=C\C/C=C\CCCCCCC. The van der Waals surface area contributed by atoms with Gasteiger partial charge in [0.2, 0.25) is 0 Å². The summed E-state index contributed by atoms with van der Waals surface area (Å²) in [6.07, 6.45) is 98.9. The summed E-state index contributed by atoms with van der Waals surface area (Å²) in [7, 11) is 0. The highest BCUT2D eigenvalue weighted by Gasteiger charge is 2.19. The molecule has 0 aliphatic rings. The molecule has 472 valence electrons. The van der Waals surface area contributed by atoms with Crippen LogP contribution in [-0.2, 0) is 28.6 Å². The van der Waals surface area contributed by atoms with Gasteiger partial charge in [-0.25, -0.2) is 0 Å². The van der Waals surface area contributed by atoms with Gasteiger partial charge in [0, 0.05) is 19.3 Å². The predicted molar refractivity (Wildman–Crippen MR) is 362 cm³/mol. The minimum atomic E-state index is -0.799. The predicted octanol–water partition coefficient (Wildman–Crippen LogP) is 24.1. The fourth-order valence-electron chi connectivity index (χ4n) is 9.49. The molecule has 1 atom stereocenters. The van der Waals surface area contributed by atoms with Gasteiger partial charge >= 0.3 is 17.9 Å². The van der Waals surface area contributed by atoms with E-state index < -0.39 is 6.10 Å². The van der Waals surface area contributed by atoms with Crippen LogP contribution in [0.15, 0.2) is 134 Å². The van der Waals surface area contributed by atoms with Crippen LogP contribution in [0.4, 0.5) is 0 Å². The average molecular weight is 1150 g/mol. The van der Waals surface area contributed by atoms with Crippen LogP contribution in [0.3, 0.4) is 0 Å². The zero-order valence-corrected chi connectivity index (χ0v) is 54.2. The van der Waals surface area contributed by atoms with Crippen LogP contribution in [0.5, 0.6) is 0 Å². The molecule has 0 heterocycles. The second kappa shape index (κ2) is 70.0. The van der Waals surface area contributed by atoms with Gasteiger partial charge < -0.3 is 14.2 Å².